The number of carbonyl (C=O) groups is 4. The highest BCUT2D eigenvalue weighted by atomic mass is 16.7. The molecule has 0 bridgehead atoms. The summed E-state index contributed by atoms with van der Waals surface area (Å²) in [6.07, 6.45) is -14.7. The summed E-state index contributed by atoms with van der Waals surface area (Å²) < 4.78 is 38.0. The number of hydrogen-bond acceptors (Lipinski definition) is 19. The molecule has 2 aliphatic rings. The molecule has 320 valence electrons. The Kier molecular flexibility index (Phi) is 24.5. The summed E-state index contributed by atoms with van der Waals surface area (Å²) in [4.78, 5) is 46.8. The minimum atomic E-state index is -1.79. The Labute approximate surface area is 318 Å². The average Bonchev–Trinajstić information content (AvgIpc) is 3.18. The van der Waals surface area contributed by atoms with Gasteiger partial charge in [0.2, 0.25) is 23.6 Å². The van der Waals surface area contributed by atoms with Crippen molar-refractivity contribution in [1.29, 1.82) is 0 Å². The van der Waals surface area contributed by atoms with E-state index in [4.69, 9.17) is 39.0 Å². The van der Waals surface area contributed by atoms with Crippen LogP contribution < -0.4 is 27.2 Å². The van der Waals surface area contributed by atoms with E-state index in [2.05, 4.69) is 16.0 Å². The molecule has 0 aromatic rings. The number of nitrogens with one attached hydrogen (secondary N) is 4. The lowest BCUT2D eigenvalue weighted by molar-refractivity contribution is -0.359. The van der Waals surface area contributed by atoms with Crippen molar-refractivity contribution in [1.82, 2.24) is 21.4 Å². The summed E-state index contributed by atoms with van der Waals surface area (Å²) in [6.45, 7) is 1.46. The molecule has 2 aliphatic heterocycles. The van der Waals surface area contributed by atoms with Gasteiger partial charge in [-0.2, -0.15) is 0 Å². The summed E-state index contributed by atoms with van der Waals surface area (Å²) >= 11 is 0. The van der Waals surface area contributed by atoms with E-state index < -0.39 is 86.4 Å². The molecule has 0 aromatic carbocycles. The smallest absolute Gasteiger partial charge is 0.234 e. The molecule has 13 N–H and O–H groups in total. The van der Waals surface area contributed by atoms with Crippen molar-refractivity contribution in [2.45, 2.75) is 99.9 Å². The maximum atomic E-state index is 12.2. The molecule has 2 rings (SSSR count). The van der Waals surface area contributed by atoms with Gasteiger partial charge in [-0.25, -0.2) is 5.84 Å². The van der Waals surface area contributed by atoms with Gasteiger partial charge in [0.15, 0.2) is 12.6 Å². The fourth-order valence-corrected chi connectivity index (χ4v) is 5.20. The molecule has 0 aromatic heterocycles. The number of ether oxygens (including phenoxy) is 7. The van der Waals surface area contributed by atoms with Crippen molar-refractivity contribution in [3.63, 3.8) is 0 Å². The third-order valence-electron chi connectivity index (χ3n) is 8.31. The van der Waals surface area contributed by atoms with Gasteiger partial charge in [0.05, 0.1) is 46.2 Å². The van der Waals surface area contributed by atoms with Gasteiger partial charge < -0.3 is 84.9 Å². The second-order valence-electron chi connectivity index (χ2n) is 12.5. The molecule has 23 heteroatoms. The van der Waals surface area contributed by atoms with Gasteiger partial charge in [-0.1, -0.05) is 0 Å². The van der Waals surface area contributed by atoms with Crippen molar-refractivity contribution in [3.05, 3.63) is 0 Å². The van der Waals surface area contributed by atoms with Crippen molar-refractivity contribution in [3.8, 4) is 0 Å². The third kappa shape index (κ3) is 18.4. The van der Waals surface area contributed by atoms with Gasteiger partial charge in [-0.05, 0) is 12.8 Å². The normalized spacial score (nSPS) is 28.0. The van der Waals surface area contributed by atoms with E-state index in [1.165, 1.54) is 0 Å². The zero-order valence-electron chi connectivity index (χ0n) is 30.7. The van der Waals surface area contributed by atoms with Crippen LogP contribution in [0, 0.1) is 0 Å². The second-order valence-corrected chi connectivity index (χ2v) is 12.5. The van der Waals surface area contributed by atoms with Crippen LogP contribution in [0.25, 0.3) is 0 Å². The van der Waals surface area contributed by atoms with Crippen LogP contribution in [0.2, 0.25) is 0 Å². The third-order valence-corrected chi connectivity index (χ3v) is 8.31. The Bertz CT molecular complexity index is 1110. The molecular weight excluding hydrogens is 742 g/mol. The standard InChI is InChI=1S/C32H59N5O18/c33-37-24(43)6-5-22(41)35-8-2-11-50-14-16-51-15-13-49-10-1-7-34-21(40)3-4-23(42)36-9-12-52-31-29(48)27(46)30(20(18-39)54-31)55-32-28(47)26(45)25(44)19(17-38)53-32/h19-20,25-32,38-39,44-48H,1-18,33H2,(H,34,40)(H,35,41)(H,36,42)(H,37,43)/t19-,20-,25-,26+,27-,28+,29+,30-,31+,32-/m1/s1. The van der Waals surface area contributed by atoms with Crippen LogP contribution in [0.5, 0.6) is 0 Å². The predicted octanol–water partition coefficient (Wildman–Crippen LogP) is -6.64. The first-order chi connectivity index (χ1) is 26.4. The van der Waals surface area contributed by atoms with Gasteiger partial charge in [0.25, 0.3) is 0 Å². The molecule has 0 saturated carbocycles. The van der Waals surface area contributed by atoms with Crippen molar-refractivity contribution >= 4 is 23.6 Å². The molecule has 2 saturated heterocycles. The highest BCUT2D eigenvalue weighted by Gasteiger charge is 2.50. The highest BCUT2D eigenvalue weighted by Crippen LogP contribution is 2.29. The van der Waals surface area contributed by atoms with Crippen LogP contribution >= 0.6 is 0 Å². The van der Waals surface area contributed by atoms with Crippen LogP contribution in [0.15, 0.2) is 0 Å². The minimum absolute atomic E-state index is 0.0300. The van der Waals surface area contributed by atoms with Gasteiger partial charge in [-0.3, -0.25) is 24.6 Å². The van der Waals surface area contributed by atoms with E-state index in [0.29, 0.717) is 65.6 Å². The van der Waals surface area contributed by atoms with Gasteiger partial charge in [0, 0.05) is 58.5 Å². The number of hydrogen-bond donors (Lipinski definition) is 12. The Morgan fingerprint density at radius 1 is 0.527 bits per heavy atom. The van der Waals surface area contributed by atoms with E-state index in [-0.39, 0.29) is 50.6 Å². The van der Waals surface area contributed by atoms with Crippen LogP contribution in [0.4, 0.5) is 0 Å². The number of carbonyl (C=O) groups excluding carboxylic acids is 4. The summed E-state index contributed by atoms with van der Waals surface area (Å²) in [7, 11) is 0. The zero-order valence-corrected chi connectivity index (χ0v) is 30.7. The number of rotatable bonds is 28. The number of amides is 4. The van der Waals surface area contributed by atoms with Crippen molar-refractivity contribution in [2.75, 3.05) is 79.1 Å². The largest absolute Gasteiger partial charge is 0.394 e. The minimum Gasteiger partial charge on any atom is -0.394 e. The Morgan fingerprint density at radius 2 is 0.982 bits per heavy atom. The molecule has 2 heterocycles. The summed E-state index contributed by atoms with van der Waals surface area (Å²) in [5, 5.41) is 78.4. The molecule has 10 atom stereocenters. The lowest BCUT2D eigenvalue weighted by atomic mass is 9.97. The molecular formula is C32H59N5O18. The quantitative estimate of drug-likeness (QED) is 0.0151. The van der Waals surface area contributed by atoms with Gasteiger partial charge >= 0.3 is 0 Å². The number of nitrogens with two attached hydrogens (primary N) is 1. The average molecular weight is 802 g/mol. The number of hydrazine groups is 1. The summed E-state index contributed by atoms with van der Waals surface area (Å²) in [5.74, 6) is 3.56. The lowest BCUT2D eigenvalue weighted by Gasteiger charge is -2.45. The molecule has 0 unspecified atom stereocenters. The van der Waals surface area contributed by atoms with Crippen LogP contribution in [0.3, 0.4) is 0 Å². The van der Waals surface area contributed by atoms with Gasteiger partial charge in [0.1, 0.15) is 48.8 Å². The summed E-state index contributed by atoms with van der Waals surface area (Å²) in [6, 6.07) is 0. The van der Waals surface area contributed by atoms with Crippen molar-refractivity contribution < 1.29 is 88.1 Å². The topological polar surface area (TPSA) is 349 Å². The molecule has 2 fully saturated rings. The molecule has 0 radical (unpaired) electrons. The molecule has 0 spiro atoms. The van der Waals surface area contributed by atoms with Crippen LogP contribution in [-0.2, 0) is 52.3 Å². The van der Waals surface area contributed by atoms with E-state index in [9.17, 15) is 54.9 Å². The molecule has 23 nitrogen and oxygen atoms in total. The lowest BCUT2D eigenvalue weighted by Crippen LogP contribution is -2.64. The van der Waals surface area contributed by atoms with Crippen LogP contribution in [0.1, 0.15) is 38.5 Å². The number of aliphatic hydroxyl groups is 7. The maximum Gasteiger partial charge on any atom is 0.234 e. The van der Waals surface area contributed by atoms with E-state index >= 15 is 0 Å². The fourth-order valence-electron chi connectivity index (χ4n) is 5.20. The highest BCUT2D eigenvalue weighted by molar-refractivity contribution is 5.84. The van der Waals surface area contributed by atoms with E-state index in [1.807, 2.05) is 5.43 Å². The maximum absolute atomic E-state index is 12.2. The Hall–Kier alpha value is -2.72. The summed E-state index contributed by atoms with van der Waals surface area (Å²) in [5.41, 5.74) is 1.96. The second kappa shape index (κ2) is 27.8. The Balaban J connectivity index is 1.45. The van der Waals surface area contributed by atoms with Crippen molar-refractivity contribution in [2.24, 2.45) is 5.84 Å². The number of aliphatic hydroxyl groups excluding tert-OH is 7. The van der Waals surface area contributed by atoms with Gasteiger partial charge in [-0.15, -0.1) is 0 Å². The monoisotopic (exact) mass is 801 g/mol. The molecule has 4 amide bonds. The first kappa shape index (κ1) is 48.4. The molecule has 55 heavy (non-hydrogen) atoms. The SMILES string of the molecule is NNC(=O)CCC(=O)NCCCOCCOCCOCCCNC(=O)CCC(=O)NCCO[C@H]1O[C@H](CO)[C@@H](O[C@H]2O[C@H](CO)[C@@H](O)[C@H](O)[C@@H]2O)[C@H](O)[C@@H]1O. The first-order valence-electron chi connectivity index (χ1n) is 18.2. The first-order valence-corrected chi connectivity index (χ1v) is 18.2. The predicted molar refractivity (Wildman–Crippen MR) is 184 cm³/mol. The molecule has 0 aliphatic carbocycles. The van der Waals surface area contributed by atoms with Crippen LogP contribution in [-0.4, -0.2) is 200 Å². The zero-order chi connectivity index (χ0) is 40.6. The fraction of sp³-hybridized carbons (Fsp3) is 0.875. The van der Waals surface area contributed by atoms with E-state index in [1.54, 1.807) is 0 Å². The van der Waals surface area contributed by atoms with E-state index in [0.717, 1.165) is 0 Å². The Morgan fingerprint density at radius 3 is 1.49 bits per heavy atom.